The maximum Gasteiger partial charge on any atom is 0.262 e. The Kier molecular flexibility index (Phi) is 4.97. The third-order valence-electron chi connectivity index (χ3n) is 4.58. The summed E-state index contributed by atoms with van der Waals surface area (Å²) in [4.78, 5) is 4.05. The Morgan fingerprint density at radius 3 is 2.52 bits per heavy atom. The molecule has 6 nitrogen and oxygen atoms in total. The number of imidazole rings is 1. The molecule has 21 heavy (non-hydrogen) atoms. The molecule has 3 rings (SSSR count). The van der Waals surface area contributed by atoms with Crippen molar-refractivity contribution in [1.82, 2.24) is 19.2 Å². The topological polar surface area (TPSA) is 67.2 Å². The molecule has 0 spiro atoms. The number of sulfonamides is 1. The first-order valence-corrected chi connectivity index (χ1v) is 8.70. The van der Waals surface area contributed by atoms with Gasteiger partial charge in [0.15, 0.2) is 5.03 Å². The molecule has 2 fully saturated rings. The Hall–Kier alpha value is -0.630. The highest BCUT2D eigenvalue weighted by molar-refractivity contribution is 7.89. The Morgan fingerprint density at radius 1 is 1.38 bits per heavy atom. The van der Waals surface area contributed by atoms with E-state index in [4.69, 9.17) is 0 Å². The molecule has 2 aliphatic heterocycles. The molecule has 0 radical (unpaired) electrons. The van der Waals surface area contributed by atoms with Crippen LogP contribution in [0.4, 0.5) is 0 Å². The number of fused-ring (bicyclic) bond motifs is 2. The summed E-state index contributed by atoms with van der Waals surface area (Å²) in [7, 11) is -1.78. The maximum absolute atomic E-state index is 12.6. The van der Waals surface area contributed by atoms with Crippen molar-refractivity contribution >= 4 is 22.4 Å². The maximum atomic E-state index is 12.6. The van der Waals surface area contributed by atoms with E-state index in [1.165, 1.54) is 17.1 Å². The minimum Gasteiger partial charge on any atom is -0.336 e. The van der Waals surface area contributed by atoms with Crippen molar-refractivity contribution in [3.05, 3.63) is 12.5 Å². The van der Waals surface area contributed by atoms with E-state index in [1.54, 1.807) is 24.1 Å². The number of rotatable bonds is 4. The van der Waals surface area contributed by atoms with Crippen LogP contribution in [0.3, 0.4) is 0 Å². The molecular formula is C13H23ClN4O2S. The first-order valence-electron chi connectivity index (χ1n) is 7.26. The molecule has 0 aliphatic carbocycles. The minimum absolute atomic E-state index is 0. The zero-order chi connectivity index (χ0) is 14.3. The fourth-order valence-electron chi connectivity index (χ4n) is 3.31. The predicted molar refractivity (Wildman–Crippen MR) is 83.1 cm³/mol. The molecule has 0 saturated carbocycles. The van der Waals surface area contributed by atoms with Crippen molar-refractivity contribution in [3.63, 3.8) is 0 Å². The van der Waals surface area contributed by atoms with E-state index < -0.39 is 10.0 Å². The van der Waals surface area contributed by atoms with E-state index in [0.29, 0.717) is 12.1 Å². The van der Waals surface area contributed by atoms with Gasteiger partial charge in [-0.25, -0.2) is 13.4 Å². The highest BCUT2D eigenvalue weighted by Crippen LogP contribution is 2.31. The van der Waals surface area contributed by atoms with Crippen molar-refractivity contribution in [3.8, 4) is 0 Å². The molecule has 3 heterocycles. The predicted octanol–water partition coefficient (Wildman–Crippen LogP) is 1.23. The van der Waals surface area contributed by atoms with Crippen molar-refractivity contribution in [2.45, 2.75) is 62.3 Å². The third kappa shape index (κ3) is 3.11. The van der Waals surface area contributed by atoms with E-state index in [9.17, 15) is 8.42 Å². The molecule has 0 amide bonds. The van der Waals surface area contributed by atoms with E-state index in [0.717, 1.165) is 19.4 Å². The molecule has 120 valence electrons. The van der Waals surface area contributed by atoms with Gasteiger partial charge >= 0.3 is 0 Å². The average Bonchev–Trinajstić information content (AvgIpc) is 3.04. The largest absolute Gasteiger partial charge is 0.336 e. The number of aryl methyl sites for hydroxylation is 1. The van der Waals surface area contributed by atoms with Gasteiger partial charge < -0.3 is 9.88 Å². The van der Waals surface area contributed by atoms with Crippen molar-refractivity contribution in [2.24, 2.45) is 0 Å². The number of hydrogen-bond acceptors (Lipinski definition) is 4. The van der Waals surface area contributed by atoms with Crippen LogP contribution in [0.1, 0.15) is 32.6 Å². The Labute approximate surface area is 132 Å². The minimum atomic E-state index is -3.47. The second-order valence-electron chi connectivity index (χ2n) is 5.83. The Morgan fingerprint density at radius 2 is 2.00 bits per heavy atom. The summed E-state index contributed by atoms with van der Waals surface area (Å²) in [6.07, 6.45) is 7.33. The van der Waals surface area contributed by atoms with Crippen LogP contribution >= 0.6 is 12.4 Å². The number of piperidine rings is 1. The van der Waals surface area contributed by atoms with Crippen LogP contribution in [0.15, 0.2) is 17.6 Å². The van der Waals surface area contributed by atoms with Crippen LogP contribution in [0, 0.1) is 0 Å². The van der Waals surface area contributed by atoms with Gasteiger partial charge in [-0.1, -0.05) is 0 Å². The van der Waals surface area contributed by atoms with E-state index >= 15 is 0 Å². The number of aromatic nitrogens is 2. The summed E-state index contributed by atoms with van der Waals surface area (Å²) in [5.41, 5.74) is 0. The van der Waals surface area contributed by atoms with E-state index in [1.807, 2.05) is 6.92 Å². The fraction of sp³-hybridized carbons (Fsp3) is 0.769. The Bertz CT molecular complexity index is 577. The van der Waals surface area contributed by atoms with Gasteiger partial charge in [-0.15, -0.1) is 12.4 Å². The lowest BCUT2D eigenvalue weighted by Gasteiger charge is -2.34. The summed E-state index contributed by atoms with van der Waals surface area (Å²) < 4.78 is 28.6. The summed E-state index contributed by atoms with van der Waals surface area (Å²) >= 11 is 0. The molecular weight excluding hydrogens is 312 g/mol. The van der Waals surface area contributed by atoms with Crippen LogP contribution < -0.4 is 5.32 Å². The number of hydrogen-bond donors (Lipinski definition) is 1. The average molecular weight is 335 g/mol. The summed E-state index contributed by atoms with van der Waals surface area (Å²) in [5, 5.41) is 3.70. The lowest BCUT2D eigenvalue weighted by Crippen LogP contribution is -2.48. The standard InChI is InChI=1S/C13H22N4O2S.ClH/c1-3-17-8-13(14-9-17)20(18,19)16(2)12-6-10-4-5-11(7-12)15-10;/h8-12,15H,3-7H2,1-2H3;1H. The Balaban J connectivity index is 0.00000161. The first-order chi connectivity index (χ1) is 9.50. The summed E-state index contributed by atoms with van der Waals surface area (Å²) in [6, 6.07) is 1.04. The summed E-state index contributed by atoms with van der Waals surface area (Å²) in [6.45, 7) is 2.69. The quantitative estimate of drug-likeness (QED) is 0.899. The highest BCUT2D eigenvalue weighted by atomic mass is 35.5. The molecule has 1 aromatic rings. The van der Waals surface area contributed by atoms with Gasteiger partial charge in [-0.3, -0.25) is 0 Å². The van der Waals surface area contributed by atoms with Crippen LogP contribution in [0.5, 0.6) is 0 Å². The zero-order valence-electron chi connectivity index (χ0n) is 12.4. The van der Waals surface area contributed by atoms with Crippen molar-refractivity contribution in [2.75, 3.05) is 7.05 Å². The molecule has 1 N–H and O–H groups in total. The molecule has 0 aromatic carbocycles. The number of nitrogens with one attached hydrogen (secondary N) is 1. The third-order valence-corrected chi connectivity index (χ3v) is 6.38. The van der Waals surface area contributed by atoms with Crippen LogP contribution in [0.25, 0.3) is 0 Å². The van der Waals surface area contributed by atoms with Gasteiger partial charge in [0.25, 0.3) is 10.0 Å². The normalized spacial score (nSPS) is 28.6. The number of halogens is 1. The molecule has 2 bridgehead atoms. The van der Waals surface area contributed by atoms with Crippen molar-refractivity contribution in [1.29, 1.82) is 0 Å². The summed E-state index contributed by atoms with van der Waals surface area (Å²) in [5.74, 6) is 0. The van der Waals surface area contributed by atoms with Gasteiger partial charge in [0, 0.05) is 37.9 Å². The number of nitrogens with zero attached hydrogens (tertiary/aromatic N) is 3. The SMILES string of the molecule is CCn1cnc(S(=O)(=O)N(C)C2CC3CCC(C2)N3)c1.Cl. The lowest BCUT2D eigenvalue weighted by molar-refractivity contribution is 0.251. The van der Waals surface area contributed by atoms with E-state index in [2.05, 4.69) is 10.3 Å². The molecule has 8 heteroatoms. The van der Waals surface area contributed by atoms with Gasteiger partial charge in [0.2, 0.25) is 0 Å². The van der Waals surface area contributed by atoms with Gasteiger partial charge in [-0.2, -0.15) is 4.31 Å². The van der Waals surface area contributed by atoms with Gasteiger partial charge in [0.1, 0.15) is 0 Å². The molecule has 2 saturated heterocycles. The van der Waals surface area contributed by atoms with Crippen LogP contribution in [-0.4, -0.2) is 47.4 Å². The smallest absolute Gasteiger partial charge is 0.262 e. The first kappa shape index (κ1) is 16.7. The molecule has 2 aliphatic rings. The zero-order valence-corrected chi connectivity index (χ0v) is 14.0. The highest BCUT2D eigenvalue weighted by Gasteiger charge is 2.39. The molecule has 1 aromatic heterocycles. The lowest BCUT2D eigenvalue weighted by atomic mass is 10.0. The second-order valence-corrected chi connectivity index (χ2v) is 7.77. The van der Waals surface area contributed by atoms with Crippen LogP contribution in [0.2, 0.25) is 0 Å². The van der Waals surface area contributed by atoms with E-state index in [-0.39, 0.29) is 23.5 Å². The molecule has 2 unspecified atom stereocenters. The van der Waals surface area contributed by atoms with Gasteiger partial charge in [-0.05, 0) is 32.6 Å². The second kappa shape index (κ2) is 6.24. The van der Waals surface area contributed by atoms with Gasteiger partial charge in [0.05, 0.1) is 6.33 Å². The van der Waals surface area contributed by atoms with Crippen LogP contribution in [-0.2, 0) is 16.6 Å². The molecule has 2 atom stereocenters. The monoisotopic (exact) mass is 334 g/mol. The fourth-order valence-corrected chi connectivity index (χ4v) is 4.62. The van der Waals surface area contributed by atoms with Crippen molar-refractivity contribution < 1.29 is 8.42 Å².